The van der Waals surface area contributed by atoms with Crippen molar-refractivity contribution < 1.29 is 10.2 Å². The van der Waals surface area contributed by atoms with Gasteiger partial charge in [-0.05, 0) is 24.4 Å². The van der Waals surface area contributed by atoms with Crippen LogP contribution in [-0.4, -0.2) is 79.0 Å². The van der Waals surface area contributed by atoms with Gasteiger partial charge in [-0.25, -0.2) is 0 Å². The zero-order valence-electron chi connectivity index (χ0n) is 4.79. The van der Waals surface area contributed by atoms with Crippen molar-refractivity contribution in [3.8, 4) is 0 Å². The third-order valence-corrected chi connectivity index (χ3v) is 0.418. The summed E-state index contributed by atoms with van der Waals surface area (Å²) < 4.78 is 0. The first-order valence-corrected chi connectivity index (χ1v) is 2.71. The van der Waals surface area contributed by atoms with Crippen molar-refractivity contribution in [3.05, 3.63) is 0 Å². The van der Waals surface area contributed by atoms with Crippen molar-refractivity contribution >= 4 is 86.2 Å². The molecule has 0 saturated heterocycles. The molecular formula is C3H9KN2O2S2. The molecule has 0 rings (SSSR count). The summed E-state index contributed by atoms with van der Waals surface area (Å²) in [6.07, 6.45) is 0. The van der Waals surface area contributed by atoms with E-state index in [1.165, 1.54) is 0 Å². The first-order valence-electron chi connectivity index (χ1n) is 1.89. The predicted octanol–water partition coefficient (Wildman–Crippen LogP) is -0.812. The summed E-state index contributed by atoms with van der Waals surface area (Å²) in [5.74, 6) is 0. The number of aliphatic hydroxyl groups excluding tert-OH is 2. The van der Waals surface area contributed by atoms with E-state index in [0.29, 0.717) is 0 Å². The second-order valence-corrected chi connectivity index (χ2v) is 1.70. The average molecular weight is 208 g/mol. The van der Waals surface area contributed by atoms with E-state index in [-0.39, 0.29) is 56.6 Å². The molecule has 0 aliphatic rings. The van der Waals surface area contributed by atoms with Gasteiger partial charge in [0, 0.05) is 7.05 Å². The molecule has 0 aromatic carbocycles. The molecule has 0 aromatic rings. The second-order valence-electron chi connectivity index (χ2n) is 0.893. The minimum absolute atomic E-state index is 0. The van der Waals surface area contributed by atoms with E-state index in [2.05, 4.69) is 35.5 Å². The molecule has 4 nitrogen and oxygen atoms in total. The van der Waals surface area contributed by atoms with Crippen molar-refractivity contribution in [3.63, 3.8) is 0 Å². The molecule has 0 aromatic heterocycles. The van der Waals surface area contributed by atoms with E-state index in [1.54, 1.807) is 7.05 Å². The maximum absolute atomic E-state index is 7.98. The van der Waals surface area contributed by atoms with Crippen molar-refractivity contribution in [2.45, 2.75) is 0 Å². The molecule has 0 bridgehead atoms. The molecule has 7 heteroatoms. The Balaban J connectivity index is -0.0000000910. The minimum atomic E-state index is -0.500. The van der Waals surface area contributed by atoms with Crippen molar-refractivity contribution in [2.75, 3.05) is 7.05 Å². The number of thiocarbonyl (C=S) groups is 2. The Hall–Kier alpha value is 1.02. The van der Waals surface area contributed by atoms with E-state index in [1.807, 2.05) is 0 Å². The molecule has 10 heavy (non-hydrogen) atoms. The van der Waals surface area contributed by atoms with Crippen molar-refractivity contribution in [2.24, 2.45) is 5.73 Å². The van der Waals surface area contributed by atoms with E-state index in [9.17, 15) is 0 Å². The van der Waals surface area contributed by atoms with Crippen LogP contribution < -0.4 is 11.1 Å². The Morgan fingerprint density at radius 1 is 1.40 bits per heavy atom. The fourth-order valence-electron chi connectivity index (χ4n) is 0. The molecule has 0 fully saturated rings. The van der Waals surface area contributed by atoms with E-state index in [0.717, 1.165) is 0 Å². The Kier molecular flexibility index (Phi) is 21.8. The Bertz CT molecular complexity index is 107. The van der Waals surface area contributed by atoms with Gasteiger partial charge in [0.1, 0.15) is 0 Å². The third kappa shape index (κ3) is 63.7. The monoisotopic (exact) mass is 208 g/mol. The predicted molar refractivity (Wildman–Crippen MR) is 50.8 cm³/mol. The van der Waals surface area contributed by atoms with Gasteiger partial charge in [0.2, 0.25) is 0 Å². The van der Waals surface area contributed by atoms with Gasteiger partial charge in [0.15, 0.2) is 0 Å². The summed E-state index contributed by atoms with van der Waals surface area (Å²) in [5, 5.41) is 17.2. The molecule has 0 amide bonds. The van der Waals surface area contributed by atoms with Crippen LogP contribution in [0.15, 0.2) is 0 Å². The summed E-state index contributed by atoms with van der Waals surface area (Å²) >= 11 is 8.01. The number of nitrogens with two attached hydrogens (primary N) is 1. The number of hydrogen-bond donors (Lipinski definition) is 4. The number of aliphatic hydroxyl groups is 2. The standard InChI is InChI=1S/C2H5NOS.CH3NOS.K.H/c1-3-2(4)5;2-1(3)4;;/h1H3,(H2,3,4,5);(H3,2,3,4);;. The van der Waals surface area contributed by atoms with Crippen LogP contribution in [0.3, 0.4) is 0 Å². The summed E-state index contributed by atoms with van der Waals surface area (Å²) in [6.45, 7) is 0. The number of rotatable bonds is 0. The molecular weight excluding hydrogens is 199 g/mol. The van der Waals surface area contributed by atoms with Crippen molar-refractivity contribution in [1.29, 1.82) is 0 Å². The van der Waals surface area contributed by atoms with E-state index < -0.39 is 5.17 Å². The molecule has 0 unspecified atom stereocenters. The van der Waals surface area contributed by atoms with Gasteiger partial charge in [-0.2, -0.15) is 0 Å². The molecule has 0 radical (unpaired) electrons. The summed E-state index contributed by atoms with van der Waals surface area (Å²) in [6, 6.07) is 0. The van der Waals surface area contributed by atoms with Crippen LogP contribution in [0.5, 0.6) is 0 Å². The summed E-state index contributed by atoms with van der Waals surface area (Å²) in [5.41, 5.74) is 4.40. The van der Waals surface area contributed by atoms with Crippen LogP contribution in [0.25, 0.3) is 0 Å². The van der Waals surface area contributed by atoms with Gasteiger partial charge in [-0.15, -0.1) is 0 Å². The molecule has 0 atom stereocenters. The van der Waals surface area contributed by atoms with Gasteiger partial charge < -0.3 is 21.3 Å². The quantitative estimate of drug-likeness (QED) is 0.308. The fraction of sp³-hybridized carbons (Fsp3) is 0.333. The Morgan fingerprint density at radius 3 is 1.50 bits per heavy atom. The zero-order chi connectivity index (χ0) is 7.86. The number of nitrogens with one attached hydrogen (secondary N) is 1. The van der Waals surface area contributed by atoms with Gasteiger partial charge in [0.05, 0.1) is 0 Å². The van der Waals surface area contributed by atoms with Crippen LogP contribution in [-0.2, 0) is 0 Å². The van der Waals surface area contributed by atoms with Gasteiger partial charge >= 0.3 is 51.4 Å². The molecule has 5 N–H and O–H groups in total. The SMILES string of the molecule is CNC(O)=S.NC(O)=S.[KH]. The number of hydrogen-bond acceptors (Lipinski definition) is 2. The molecule has 0 saturated carbocycles. The maximum atomic E-state index is 7.98. The summed E-state index contributed by atoms with van der Waals surface area (Å²) in [7, 11) is 1.56. The first kappa shape index (κ1) is 17.2. The van der Waals surface area contributed by atoms with Crippen LogP contribution in [0.1, 0.15) is 0 Å². The zero-order valence-corrected chi connectivity index (χ0v) is 6.42. The molecule has 0 aliphatic heterocycles. The van der Waals surface area contributed by atoms with E-state index >= 15 is 0 Å². The van der Waals surface area contributed by atoms with Crippen molar-refractivity contribution in [1.82, 2.24) is 5.32 Å². The summed E-state index contributed by atoms with van der Waals surface area (Å²) in [4.78, 5) is 0. The van der Waals surface area contributed by atoms with Crippen LogP contribution in [0.4, 0.5) is 0 Å². The van der Waals surface area contributed by atoms with Gasteiger partial charge in [-0.3, -0.25) is 0 Å². The normalized spacial score (nSPS) is 5.70. The fourth-order valence-corrected chi connectivity index (χ4v) is 0. The Labute approximate surface area is 113 Å². The average Bonchev–Trinajstić information content (AvgIpc) is 1.65. The van der Waals surface area contributed by atoms with Crippen LogP contribution in [0.2, 0.25) is 0 Å². The van der Waals surface area contributed by atoms with E-state index in [4.69, 9.17) is 10.2 Å². The molecule has 56 valence electrons. The second kappa shape index (κ2) is 12.7. The molecule has 0 aliphatic carbocycles. The van der Waals surface area contributed by atoms with Gasteiger partial charge in [-0.1, -0.05) is 0 Å². The van der Waals surface area contributed by atoms with Gasteiger partial charge in [0.25, 0.3) is 10.3 Å². The first-order chi connectivity index (χ1) is 4.00. The third-order valence-electron chi connectivity index (χ3n) is 0.214. The molecule has 0 heterocycles. The van der Waals surface area contributed by atoms with Crippen LogP contribution in [0, 0.1) is 0 Å². The molecule has 0 spiro atoms. The van der Waals surface area contributed by atoms with Crippen LogP contribution >= 0.6 is 24.4 Å². The topological polar surface area (TPSA) is 78.5 Å². The Morgan fingerprint density at radius 2 is 1.50 bits per heavy atom.